The van der Waals surface area contributed by atoms with E-state index in [0.29, 0.717) is 19.5 Å². The molecule has 23 heavy (non-hydrogen) atoms. The van der Waals surface area contributed by atoms with Crippen LogP contribution in [0, 0.1) is 5.92 Å². The van der Waals surface area contributed by atoms with Crippen LogP contribution in [0.5, 0.6) is 0 Å². The molecule has 0 bridgehead atoms. The van der Waals surface area contributed by atoms with E-state index in [1.54, 1.807) is 0 Å². The summed E-state index contributed by atoms with van der Waals surface area (Å²) in [6.45, 7) is 1.25. The molecule has 1 saturated heterocycles. The van der Waals surface area contributed by atoms with E-state index < -0.39 is 5.41 Å². The lowest BCUT2D eigenvalue weighted by Gasteiger charge is -2.36. The van der Waals surface area contributed by atoms with Gasteiger partial charge in [-0.15, -0.1) is 0 Å². The minimum atomic E-state index is -0.419. The maximum absolute atomic E-state index is 13.0. The van der Waals surface area contributed by atoms with E-state index in [4.69, 9.17) is 0 Å². The minimum Gasteiger partial charge on any atom is -0.356 e. The van der Waals surface area contributed by atoms with Gasteiger partial charge >= 0.3 is 0 Å². The number of carbonyl (C=O) groups is 2. The van der Waals surface area contributed by atoms with Crippen molar-refractivity contribution in [2.45, 2.75) is 43.9 Å². The van der Waals surface area contributed by atoms with Gasteiger partial charge in [0.25, 0.3) is 0 Å². The van der Waals surface area contributed by atoms with Gasteiger partial charge in [0, 0.05) is 29.9 Å². The van der Waals surface area contributed by atoms with Gasteiger partial charge in [0.15, 0.2) is 0 Å². The van der Waals surface area contributed by atoms with E-state index in [-0.39, 0.29) is 17.7 Å². The maximum atomic E-state index is 13.0. The maximum Gasteiger partial charge on any atom is 0.230 e. The Hall–Kier alpha value is -1.36. The fourth-order valence-corrected chi connectivity index (χ4v) is 4.20. The molecule has 124 valence electrons. The molecular weight excluding hydrogens is 356 g/mol. The van der Waals surface area contributed by atoms with Crippen LogP contribution in [0.4, 0.5) is 0 Å². The van der Waals surface area contributed by atoms with Crippen molar-refractivity contribution in [3.63, 3.8) is 0 Å². The normalized spacial score (nSPS) is 23.3. The van der Waals surface area contributed by atoms with Crippen LogP contribution in [0.15, 0.2) is 28.7 Å². The van der Waals surface area contributed by atoms with Gasteiger partial charge in [-0.05, 0) is 30.5 Å². The number of benzene rings is 1. The van der Waals surface area contributed by atoms with Crippen LogP contribution < -0.4 is 10.6 Å². The van der Waals surface area contributed by atoms with Gasteiger partial charge in [0.05, 0.1) is 5.41 Å². The monoisotopic (exact) mass is 378 g/mol. The Bertz CT molecular complexity index is 596. The van der Waals surface area contributed by atoms with Crippen LogP contribution >= 0.6 is 15.9 Å². The van der Waals surface area contributed by atoms with E-state index in [2.05, 4.69) is 38.7 Å². The number of hydrogen-bond donors (Lipinski definition) is 2. The molecule has 1 aromatic rings. The molecule has 1 aromatic carbocycles. The zero-order valence-corrected chi connectivity index (χ0v) is 14.8. The molecule has 2 N–H and O–H groups in total. The summed E-state index contributed by atoms with van der Waals surface area (Å²) in [5.74, 6) is 0.424. The molecular formula is C18H23BrN2O2. The lowest BCUT2D eigenvalue weighted by Crippen LogP contribution is -2.47. The Morgan fingerprint density at radius 1 is 1.30 bits per heavy atom. The van der Waals surface area contributed by atoms with Gasteiger partial charge in [0.1, 0.15) is 0 Å². The van der Waals surface area contributed by atoms with Gasteiger partial charge in [-0.1, -0.05) is 47.3 Å². The van der Waals surface area contributed by atoms with Gasteiger partial charge < -0.3 is 10.6 Å². The molecule has 1 aliphatic carbocycles. The Balaban J connectivity index is 1.75. The van der Waals surface area contributed by atoms with Crippen LogP contribution in [0.2, 0.25) is 0 Å². The molecule has 2 fully saturated rings. The molecule has 2 amide bonds. The van der Waals surface area contributed by atoms with Crippen molar-refractivity contribution in [2.75, 3.05) is 13.1 Å². The summed E-state index contributed by atoms with van der Waals surface area (Å²) < 4.78 is 1.01. The number of halogens is 1. The SMILES string of the molecule is O=C1CC(CNC(=O)C2(c3cccc(Br)c3)CCCCC2)CN1. The van der Waals surface area contributed by atoms with Crippen molar-refractivity contribution < 1.29 is 9.59 Å². The summed E-state index contributed by atoms with van der Waals surface area (Å²) in [5, 5.41) is 5.95. The highest BCUT2D eigenvalue weighted by Gasteiger charge is 2.41. The van der Waals surface area contributed by atoms with Crippen molar-refractivity contribution >= 4 is 27.7 Å². The molecule has 0 spiro atoms. The first-order valence-corrected chi connectivity index (χ1v) is 9.20. The quantitative estimate of drug-likeness (QED) is 0.845. The van der Waals surface area contributed by atoms with E-state index in [1.165, 1.54) is 6.42 Å². The molecule has 4 nitrogen and oxygen atoms in total. The lowest BCUT2D eigenvalue weighted by atomic mass is 9.68. The third-order valence-corrected chi connectivity index (χ3v) is 5.63. The van der Waals surface area contributed by atoms with Crippen molar-refractivity contribution in [2.24, 2.45) is 5.92 Å². The molecule has 3 rings (SSSR count). The zero-order chi connectivity index (χ0) is 16.3. The first-order valence-electron chi connectivity index (χ1n) is 8.41. The predicted octanol–water partition coefficient (Wildman–Crippen LogP) is 2.90. The summed E-state index contributed by atoms with van der Waals surface area (Å²) in [5.41, 5.74) is 0.683. The highest BCUT2D eigenvalue weighted by atomic mass is 79.9. The number of nitrogens with one attached hydrogen (secondary N) is 2. The summed E-state index contributed by atoms with van der Waals surface area (Å²) in [6, 6.07) is 8.14. The Labute approximate surface area is 145 Å². The van der Waals surface area contributed by atoms with Gasteiger partial charge in [-0.2, -0.15) is 0 Å². The zero-order valence-electron chi connectivity index (χ0n) is 13.2. The second-order valence-corrected chi connectivity index (χ2v) is 7.65. The highest BCUT2D eigenvalue weighted by Crippen LogP contribution is 2.40. The molecule has 2 aliphatic rings. The average molecular weight is 379 g/mol. The van der Waals surface area contributed by atoms with Gasteiger partial charge in [-0.3, -0.25) is 9.59 Å². The smallest absolute Gasteiger partial charge is 0.230 e. The number of amides is 2. The minimum absolute atomic E-state index is 0.0867. The number of carbonyl (C=O) groups excluding carboxylic acids is 2. The second kappa shape index (κ2) is 7.04. The van der Waals surface area contributed by atoms with Crippen molar-refractivity contribution in [1.82, 2.24) is 10.6 Å². The van der Waals surface area contributed by atoms with Crippen molar-refractivity contribution in [3.8, 4) is 0 Å². The summed E-state index contributed by atoms with van der Waals surface area (Å²) >= 11 is 3.52. The molecule has 0 radical (unpaired) electrons. The molecule has 0 aromatic heterocycles. The third-order valence-electron chi connectivity index (χ3n) is 5.13. The fourth-order valence-electron chi connectivity index (χ4n) is 3.80. The molecule has 1 unspecified atom stereocenters. The summed E-state index contributed by atoms with van der Waals surface area (Å²) in [4.78, 5) is 24.3. The third kappa shape index (κ3) is 3.60. The first kappa shape index (κ1) is 16.5. The molecule has 5 heteroatoms. The lowest BCUT2D eigenvalue weighted by molar-refractivity contribution is -0.128. The molecule has 1 heterocycles. The van der Waals surface area contributed by atoms with Crippen LogP contribution in [0.3, 0.4) is 0 Å². The Morgan fingerprint density at radius 3 is 2.74 bits per heavy atom. The van der Waals surface area contributed by atoms with E-state index in [0.717, 1.165) is 35.7 Å². The highest BCUT2D eigenvalue weighted by molar-refractivity contribution is 9.10. The molecule has 1 atom stereocenters. The van der Waals surface area contributed by atoms with Crippen LogP contribution in [-0.2, 0) is 15.0 Å². The van der Waals surface area contributed by atoms with Crippen LogP contribution in [-0.4, -0.2) is 24.9 Å². The summed E-state index contributed by atoms with van der Waals surface area (Å²) in [7, 11) is 0. The van der Waals surface area contributed by atoms with Crippen molar-refractivity contribution in [1.29, 1.82) is 0 Å². The largest absolute Gasteiger partial charge is 0.356 e. The average Bonchev–Trinajstić information content (AvgIpc) is 2.98. The molecule has 1 saturated carbocycles. The van der Waals surface area contributed by atoms with Crippen LogP contribution in [0.25, 0.3) is 0 Å². The number of hydrogen-bond acceptors (Lipinski definition) is 2. The van der Waals surface area contributed by atoms with Crippen molar-refractivity contribution in [3.05, 3.63) is 34.3 Å². The van der Waals surface area contributed by atoms with E-state index >= 15 is 0 Å². The van der Waals surface area contributed by atoms with Gasteiger partial charge in [-0.25, -0.2) is 0 Å². The Morgan fingerprint density at radius 2 is 2.09 bits per heavy atom. The molecule has 1 aliphatic heterocycles. The fraction of sp³-hybridized carbons (Fsp3) is 0.556. The summed E-state index contributed by atoms with van der Waals surface area (Å²) in [6.07, 6.45) is 5.69. The second-order valence-electron chi connectivity index (χ2n) is 6.74. The van der Waals surface area contributed by atoms with Crippen LogP contribution in [0.1, 0.15) is 44.1 Å². The predicted molar refractivity (Wildman–Crippen MR) is 93.0 cm³/mol. The van der Waals surface area contributed by atoms with E-state index in [1.807, 2.05) is 12.1 Å². The number of rotatable bonds is 4. The van der Waals surface area contributed by atoms with E-state index in [9.17, 15) is 9.59 Å². The first-order chi connectivity index (χ1) is 11.1. The topological polar surface area (TPSA) is 58.2 Å². The Kier molecular flexibility index (Phi) is 5.05. The standard InChI is InChI=1S/C18H23BrN2O2/c19-15-6-4-5-14(10-15)18(7-2-1-3-8-18)17(23)21-12-13-9-16(22)20-11-13/h4-6,10,13H,1-3,7-9,11-12H2,(H,20,22)(H,21,23). The van der Waals surface area contributed by atoms with Gasteiger partial charge in [0.2, 0.25) is 11.8 Å².